The first kappa shape index (κ1) is 17.6. The van der Waals surface area contributed by atoms with Gasteiger partial charge in [0.05, 0.1) is 6.61 Å². The number of hydrogen-bond donors (Lipinski definition) is 4. The molecule has 25 heavy (non-hydrogen) atoms. The Kier molecular flexibility index (Phi) is 5.49. The monoisotopic (exact) mass is 340 g/mol. The molecule has 2 aromatic rings. The van der Waals surface area contributed by atoms with Crippen molar-refractivity contribution in [1.82, 2.24) is 0 Å². The van der Waals surface area contributed by atoms with Crippen molar-refractivity contribution in [3.05, 3.63) is 71.3 Å². The fourth-order valence-corrected chi connectivity index (χ4v) is 2.88. The van der Waals surface area contributed by atoms with Crippen LogP contribution in [0.4, 0.5) is 0 Å². The average molecular weight is 340 g/mol. The summed E-state index contributed by atoms with van der Waals surface area (Å²) in [5, 5.41) is 39.6. The molecule has 3 rings (SSSR count). The molecular formula is C20H20O5. The van der Waals surface area contributed by atoms with Crippen LogP contribution >= 0.6 is 0 Å². The molecule has 0 amide bonds. The lowest BCUT2D eigenvalue weighted by atomic mass is 9.89. The van der Waals surface area contributed by atoms with Crippen LogP contribution in [0, 0.1) is 11.8 Å². The zero-order chi connectivity index (χ0) is 17.8. The van der Waals surface area contributed by atoms with Crippen LogP contribution in [0.15, 0.2) is 54.6 Å². The number of benzene rings is 2. The van der Waals surface area contributed by atoms with Gasteiger partial charge in [0, 0.05) is 11.1 Å². The topological polar surface area (TPSA) is 90.2 Å². The van der Waals surface area contributed by atoms with E-state index in [0.717, 1.165) is 5.56 Å². The first-order chi connectivity index (χ1) is 12.1. The van der Waals surface area contributed by atoms with Crippen molar-refractivity contribution >= 4 is 0 Å². The zero-order valence-electron chi connectivity index (χ0n) is 13.5. The van der Waals surface area contributed by atoms with Gasteiger partial charge < -0.3 is 25.2 Å². The highest BCUT2D eigenvalue weighted by atomic mass is 16.5. The highest BCUT2D eigenvalue weighted by Crippen LogP contribution is 2.33. The normalized spacial score (nSPS) is 28.9. The van der Waals surface area contributed by atoms with Crippen LogP contribution in [-0.4, -0.2) is 51.4 Å². The van der Waals surface area contributed by atoms with Gasteiger partial charge in [-0.25, -0.2) is 0 Å². The molecule has 2 aromatic carbocycles. The van der Waals surface area contributed by atoms with E-state index in [2.05, 4.69) is 11.8 Å². The van der Waals surface area contributed by atoms with Gasteiger partial charge in [0.25, 0.3) is 0 Å². The Balaban J connectivity index is 1.94. The van der Waals surface area contributed by atoms with E-state index in [1.807, 2.05) is 36.4 Å². The third kappa shape index (κ3) is 3.74. The largest absolute Gasteiger partial charge is 0.394 e. The zero-order valence-corrected chi connectivity index (χ0v) is 13.5. The summed E-state index contributed by atoms with van der Waals surface area (Å²) in [6.07, 6.45) is -5.95. The summed E-state index contributed by atoms with van der Waals surface area (Å²) in [4.78, 5) is 0. The summed E-state index contributed by atoms with van der Waals surface area (Å²) >= 11 is 0. The summed E-state index contributed by atoms with van der Waals surface area (Å²) in [5.41, 5.74) is 2.10. The molecule has 1 aliphatic rings. The number of rotatable bonds is 2. The molecular weight excluding hydrogens is 320 g/mol. The molecule has 1 heterocycles. The number of aliphatic hydroxyl groups is 4. The van der Waals surface area contributed by atoms with E-state index in [1.165, 1.54) is 0 Å². The van der Waals surface area contributed by atoms with Crippen molar-refractivity contribution in [2.75, 3.05) is 6.61 Å². The van der Waals surface area contributed by atoms with Crippen molar-refractivity contribution in [2.24, 2.45) is 0 Å². The lowest BCUT2D eigenvalue weighted by Gasteiger charge is -2.40. The Morgan fingerprint density at radius 1 is 0.800 bits per heavy atom. The predicted molar refractivity (Wildman–Crippen MR) is 91.6 cm³/mol. The average Bonchev–Trinajstić information content (AvgIpc) is 2.66. The fraction of sp³-hybridized carbons (Fsp3) is 0.300. The fourth-order valence-electron chi connectivity index (χ4n) is 2.88. The Bertz CT molecular complexity index is 762. The van der Waals surface area contributed by atoms with Crippen molar-refractivity contribution in [2.45, 2.75) is 30.5 Å². The summed E-state index contributed by atoms with van der Waals surface area (Å²) < 4.78 is 5.63. The van der Waals surface area contributed by atoms with Crippen molar-refractivity contribution < 1.29 is 25.2 Å². The van der Waals surface area contributed by atoms with Crippen LogP contribution in [0.2, 0.25) is 0 Å². The standard InChI is InChI=1S/C20H20O5/c21-12-16-17(22)18(23)19(24)20(25-16)15-9-5-4-8-14(15)11-10-13-6-2-1-3-7-13/h1-9,16-24H,12H2/t16-,17-,18+,19+,20?/m1/s1. The van der Waals surface area contributed by atoms with Gasteiger partial charge >= 0.3 is 0 Å². The van der Waals surface area contributed by atoms with E-state index >= 15 is 0 Å². The minimum atomic E-state index is -1.41. The molecule has 1 saturated heterocycles. The second-order valence-corrected chi connectivity index (χ2v) is 5.95. The Hall–Kier alpha value is -2.20. The van der Waals surface area contributed by atoms with E-state index in [4.69, 9.17) is 4.74 Å². The summed E-state index contributed by atoms with van der Waals surface area (Å²) in [6.45, 7) is -0.459. The molecule has 1 fully saturated rings. The van der Waals surface area contributed by atoms with E-state index in [0.29, 0.717) is 11.1 Å². The van der Waals surface area contributed by atoms with Gasteiger partial charge in [-0.1, -0.05) is 48.2 Å². The maximum Gasteiger partial charge on any atom is 0.113 e. The third-order valence-corrected chi connectivity index (χ3v) is 4.27. The van der Waals surface area contributed by atoms with Gasteiger partial charge in [0.15, 0.2) is 0 Å². The Labute approximate surface area is 146 Å². The van der Waals surface area contributed by atoms with E-state index in [1.54, 1.807) is 18.2 Å². The van der Waals surface area contributed by atoms with Gasteiger partial charge in [-0.15, -0.1) is 0 Å². The van der Waals surface area contributed by atoms with Crippen LogP contribution in [0.25, 0.3) is 0 Å². The van der Waals surface area contributed by atoms with Crippen LogP contribution in [0.3, 0.4) is 0 Å². The molecule has 0 bridgehead atoms. The second kappa shape index (κ2) is 7.79. The molecule has 4 N–H and O–H groups in total. The molecule has 1 unspecified atom stereocenters. The van der Waals surface area contributed by atoms with Gasteiger partial charge in [-0.05, 0) is 23.8 Å². The van der Waals surface area contributed by atoms with Crippen LogP contribution in [0.5, 0.6) is 0 Å². The van der Waals surface area contributed by atoms with E-state index in [-0.39, 0.29) is 0 Å². The maximum absolute atomic E-state index is 10.3. The van der Waals surface area contributed by atoms with E-state index < -0.39 is 37.1 Å². The highest BCUT2D eigenvalue weighted by molar-refractivity contribution is 5.47. The van der Waals surface area contributed by atoms with Crippen LogP contribution < -0.4 is 0 Å². The van der Waals surface area contributed by atoms with Gasteiger partial charge in [0.2, 0.25) is 0 Å². The number of hydrogen-bond acceptors (Lipinski definition) is 5. The SMILES string of the molecule is OC[C@H]1OC(c2ccccc2C#Cc2ccccc2)[C@@H](O)[C@@H](O)[C@@H]1O. The summed E-state index contributed by atoms with van der Waals surface area (Å²) in [6, 6.07) is 16.6. The quantitative estimate of drug-likeness (QED) is 0.601. The second-order valence-electron chi connectivity index (χ2n) is 5.95. The smallest absolute Gasteiger partial charge is 0.113 e. The summed E-state index contributed by atoms with van der Waals surface area (Å²) in [7, 11) is 0. The van der Waals surface area contributed by atoms with Crippen molar-refractivity contribution in [1.29, 1.82) is 0 Å². The molecule has 130 valence electrons. The van der Waals surface area contributed by atoms with Gasteiger partial charge in [0.1, 0.15) is 30.5 Å². The molecule has 0 radical (unpaired) electrons. The molecule has 1 aliphatic heterocycles. The molecule has 0 aliphatic carbocycles. The summed E-state index contributed by atoms with van der Waals surface area (Å²) in [5.74, 6) is 6.11. The molecule has 5 nitrogen and oxygen atoms in total. The minimum Gasteiger partial charge on any atom is -0.394 e. The maximum atomic E-state index is 10.3. The highest BCUT2D eigenvalue weighted by Gasteiger charge is 2.44. The molecule has 0 spiro atoms. The van der Waals surface area contributed by atoms with E-state index in [9.17, 15) is 20.4 Å². The first-order valence-electron chi connectivity index (χ1n) is 8.08. The third-order valence-electron chi connectivity index (χ3n) is 4.27. The predicted octanol–water partition coefficient (Wildman–Crippen LogP) is 0.601. The Morgan fingerprint density at radius 3 is 2.20 bits per heavy atom. The van der Waals surface area contributed by atoms with Crippen LogP contribution in [-0.2, 0) is 4.74 Å². The molecule has 0 aromatic heterocycles. The number of aliphatic hydroxyl groups excluding tert-OH is 4. The van der Waals surface area contributed by atoms with Crippen LogP contribution in [0.1, 0.15) is 22.8 Å². The van der Waals surface area contributed by atoms with Crippen molar-refractivity contribution in [3.8, 4) is 11.8 Å². The van der Waals surface area contributed by atoms with Gasteiger partial charge in [-0.2, -0.15) is 0 Å². The lowest BCUT2D eigenvalue weighted by Crippen LogP contribution is -2.55. The van der Waals surface area contributed by atoms with Crippen molar-refractivity contribution in [3.63, 3.8) is 0 Å². The Morgan fingerprint density at radius 2 is 1.48 bits per heavy atom. The van der Waals surface area contributed by atoms with Gasteiger partial charge in [-0.3, -0.25) is 0 Å². The number of ether oxygens (including phenoxy) is 1. The minimum absolute atomic E-state index is 0.459. The molecule has 0 saturated carbocycles. The molecule has 5 atom stereocenters. The first-order valence-corrected chi connectivity index (χ1v) is 8.08. The lowest BCUT2D eigenvalue weighted by molar-refractivity contribution is -0.231. The molecule has 5 heteroatoms.